The summed E-state index contributed by atoms with van der Waals surface area (Å²) in [5, 5.41) is 8.64. The summed E-state index contributed by atoms with van der Waals surface area (Å²) in [6, 6.07) is 13.2. The van der Waals surface area contributed by atoms with E-state index in [4.69, 9.17) is 0 Å². The number of likely N-dealkylation sites (tertiary alicyclic amines) is 2. The van der Waals surface area contributed by atoms with Gasteiger partial charge in [0, 0.05) is 37.4 Å². The molecule has 0 aliphatic carbocycles. The second-order valence-electron chi connectivity index (χ2n) is 10.7. The summed E-state index contributed by atoms with van der Waals surface area (Å²) in [7, 11) is 0. The Morgan fingerprint density at radius 3 is 2.33 bits per heavy atom. The quantitative estimate of drug-likeness (QED) is 0.466. The van der Waals surface area contributed by atoms with Gasteiger partial charge in [-0.15, -0.1) is 0 Å². The Morgan fingerprint density at radius 1 is 0.923 bits per heavy atom. The molecule has 1 unspecified atom stereocenters. The van der Waals surface area contributed by atoms with E-state index in [2.05, 4.69) is 38.0 Å². The van der Waals surface area contributed by atoms with Gasteiger partial charge in [0.25, 0.3) is 5.91 Å². The summed E-state index contributed by atoms with van der Waals surface area (Å²) in [5.74, 6) is -0.0442. The molecule has 1 aromatic carbocycles. The Kier molecular flexibility index (Phi) is 8.51. The van der Waals surface area contributed by atoms with Crippen LogP contribution in [0.1, 0.15) is 60.5 Å². The fourth-order valence-electron chi connectivity index (χ4n) is 5.63. The highest BCUT2D eigenvalue weighted by Crippen LogP contribution is 2.29. The largest absolute Gasteiger partial charge is 0.374 e. The number of nitrogens with one attached hydrogen (secondary N) is 3. The number of pyridine rings is 1. The van der Waals surface area contributed by atoms with Crippen LogP contribution < -0.4 is 16.0 Å². The number of carbonyl (C=O) groups excluding carboxylic acids is 4. The number of rotatable bonds is 7. The lowest BCUT2D eigenvalue weighted by Gasteiger charge is -2.36. The van der Waals surface area contributed by atoms with Gasteiger partial charge < -0.3 is 15.5 Å². The molecule has 3 saturated heterocycles. The number of hydrogen-bond acceptors (Lipinski definition) is 7. The molecule has 3 N–H and O–H groups in total. The lowest BCUT2D eigenvalue weighted by atomic mass is 9.89. The fourth-order valence-corrected chi connectivity index (χ4v) is 5.63. The first-order valence-electron chi connectivity index (χ1n) is 13.9. The summed E-state index contributed by atoms with van der Waals surface area (Å²) in [6.45, 7) is 3.50. The summed E-state index contributed by atoms with van der Waals surface area (Å²) in [6.07, 6.45) is 5.96. The predicted molar refractivity (Wildman–Crippen MR) is 146 cm³/mol. The van der Waals surface area contributed by atoms with Crippen molar-refractivity contribution in [1.29, 1.82) is 0 Å². The molecule has 3 aliphatic heterocycles. The summed E-state index contributed by atoms with van der Waals surface area (Å²) < 4.78 is 0. The summed E-state index contributed by atoms with van der Waals surface area (Å²) >= 11 is 0. The molecule has 39 heavy (non-hydrogen) atoms. The number of amides is 4. The van der Waals surface area contributed by atoms with Crippen molar-refractivity contribution >= 4 is 29.3 Å². The fraction of sp³-hybridized carbons (Fsp3) is 0.483. The first kappa shape index (κ1) is 26.8. The van der Waals surface area contributed by atoms with Gasteiger partial charge in [0.2, 0.25) is 17.7 Å². The van der Waals surface area contributed by atoms with Crippen LogP contribution in [0.25, 0.3) is 0 Å². The Balaban J connectivity index is 1.02. The van der Waals surface area contributed by atoms with E-state index < -0.39 is 0 Å². The van der Waals surface area contributed by atoms with Crippen LogP contribution in [0.15, 0.2) is 48.7 Å². The van der Waals surface area contributed by atoms with Gasteiger partial charge in [-0.2, -0.15) is 0 Å². The molecule has 0 saturated carbocycles. The molecule has 4 amide bonds. The molecular formula is C29H36N6O4. The van der Waals surface area contributed by atoms with E-state index in [9.17, 15) is 19.2 Å². The van der Waals surface area contributed by atoms with Crippen LogP contribution in [0.4, 0.5) is 5.69 Å². The highest BCUT2D eigenvalue weighted by Gasteiger charge is 2.28. The molecule has 206 valence electrons. The van der Waals surface area contributed by atoms with Crippen molar-refractivity contribution in [3.63, 3.8) is 0 Å². The van der Waals surface area contributed by atoms with Crippen molar-refractivity contribution in [3.8, 4) is 0 Å². The van der Waals surface area contributed by atoms with Crippen molar-refractivity contribution in [2.45, 2.75) is 56.5 Å². The Bertz CT molecular complexity index is 1170. The van der Waals surface area contributed by atoms with Gasteiger partial charge in [-0.25, -0.2) is 0 Å². The standard InChI is InChI=1S/C29H36N6O4/c36-26-9-8-25(29(39)33-26)31-22-6-4-20(5-7-22)21-10-15-34(16-11-21)19-27(37)35-17-12-23(13-18-35)32-28(38)24-3-1-2-14-30-24/h1-7,14,21,23,25,31H,8-13,15-19H2,(H,32,38)(H,33,36,39). The van der Waals surface area contributed by atoms with E-state index in [1.165, 1.54) is 5.56 Å². The molecule has 0 spiro atoms. The first-order chi connectivity index (χ1) is 18.9. The third kappa shape index (κ3) is 7.00. The van der Waals surface area contributed by atoms with Crippen LogP contribution in [0, 0.1) is 0 Å². The van der Waals surface area contributed by atoms with Crippen LogP contribution in [0.5, 0.6) is 0 Å². The van der Waals surface area contributed by atoms with Crippen LogP contribution in [0.2, 0.25) is 0 Å². The summed E-state index contributed by atoms with van der Waals surface area (Å²) in [4.78, 5) is 56.9. The maximum absolute atomic E-state index is 12.9. The number of anilines is 1. The average Bonchev–Trinajstić information content (AvgIpc) is 2.96. The molecule has 3 fully saturated rings. The minimum absolute atomic E-state index is 0.0601. The minimum Gasteiger partial charge on any atom is -0.374 e. The van der Waals surface area contributed by atoms with Crippen molar-refractivity contribution < 1.29 is 19.2 Å². The molecule has 0 radical (unpaired) electrons. The van der Waals surface area contributed by atoms with Gasteiger partial charge in [0.05, 0.1) is 6.54 Å². The number of benzene rings is 1. The maximum Gasteiger partial charge on any atom is 0.270 e. The smallest absolute Gasteiger partial charge is 0.270 e. The van der Waals surface area contributed by atoms with Crippen molar-refractivity contribution in [3.05, 3.63) is 59.9 Å². The number of hydrogen-bond donors (Lipinski definition) is 3. The van der Waals surface area contributed by atoms with E-state index >= 15 is 0 Å². The van der Waals surface area contributed by atoms with E-state index in [1.54, 1.807) is 24.4 Å². The van der Waals surface area contributed by atoms with Gasteiger partial charge in [0.1, 0.15) is 11.7 Å². The molecule has 1 atom stereocenters. The van der Waals surface area contributed by atoms with Gasteiger partial charge in [0.15, 0.2) is 0 Å². The zero-order valence-electron chi connectivity index (χ0n) is 22.1. The Labute approximate surface area is 228 Å². The second-order valence-corrected chi connectivity index (χ2v) is 10.7. The SMILES string of the molecule is O=C1CCC(Nc2ccc(C3CCN(CC(=O)N4CCC(NC(=O)c5ccccn5)CC4)CC3)cc2)C(=O)N1. The van der Waals surface area contributed by atoms with Gasteiger partial charge in [-0.05, 0) is 80.9 Å². The average molecular weight is 533 g/mol. The van der Waals surface area contributed by atoms with Crippen molar-refractivity contribution in [1.82, 2.24) is 25.4 Å². The molecule has 2 aromatic rings. The van der Waals surface area contributed by atoms with Crippen LogP contribution >= 0.6 is 0 Å². The number of imide groups is 1. The zero-order chi connectivity index (χ0) is 27.2. The second kappa shape index (κ2) is 12.4. The summed E-state index contributed by atoms with van der Waals surface area (Å²) in [5.41, 5.74) is 2.56. The van der Waals surface area contributed by atoms with Gasteiger partial charge in [-0.3, -0.25) is 34.4 Å². The van der Waals surface area contributed by atoms with Gasteiger partial charge in [-0.1, -0.05) is 18.2 Å². The molecule has 4 heterocycles. The molecule has 5 rings (SSSR count). The molecule has 3 aliphatic rings. The number of piperidine rings is 3. The maximum atomic E-state index is 12.9. The molecule has 10 heteroatoms. The van der Waals surface area contributed by atoms with Crippen LogP contribution in [-0.4, -0.2) is 83.2 Å². The topological polar surface area (TPSA) is 124 Å². The highest BCUT2D eigenvalue weighted by molar-refractivity contribution is 6.01. The third-order valence-corrected chi connectivity index (χ3v) is 7.99. The van der Waals surface area contributed by atoms with Crippen LogP contribution in [0.3, 0.4) is 0 Å². The van der Waals surface area contributed by atoms with Gasteiger partial charge >= 0.3 is 0 Å². The minimum atomic E-state index is -0.384. The first-order valence-corrected chi connectivity index (χ1v) is 13.9. The number of nitrogens with zero attached hydrogens (tertiary/aromatic N) is 3. The predicted octanol–water partition coefficient (Wildman–Crippen LogP) is 1.90. The highest BCUT2D eigenvalue weighted by atomic mass is 16.2. The monoisotopic (exact) mass is 532 g/mol. The van der Waals surface area contributed by atoms with Crippen LogP contribution in [-0.2, 0) is 14.4 Å². The Hall–Kier alpha value is -3.79. The molecule has 1 aromatic heterocycles. The van der Waals surface area contributed by atoms with E-state index in [0.717, 1.165) is 44.5 Å². The number of aromatic nitrogens is 1. The van der Waals surface area contributed by atoms with E-state index in [1.807, 2.05) is 17.0 Å². The van der Waals surface area contributed by atoms with Crippen molar-refractivity contribution in [2.75, 3.05) is 38.0 Å². The third-order valence-electron chi connectivity index (χ3n) is 7.99. The zero-order valence-corrected chi connectivity index (χ0v) is 22.1. The van der Waals surface area contributed by atoms with E-state index in [0.29, 0.717) is 44.1 Å². The lowest BCUT2D eigenvalue weighted by Crippen LogP contribution is -2.49. The number of carbonyl (C=O) groups is 4. The molecule has 0 bridgehead atoms. The van der Waals surface area contributed by atoms with E-state index in [-0.39, 0.29) is 35.7 Å². The Morgan fingerprint density at radius 2 is 1.67 bits per heavy atom. The normalized spacial score (nSPS) is 21.3. The molecular weight excluding hydrogens is 496 g/mol. The van der Waals surface area contributed by atoms with Crippen molar-refractivity contribution in [2.24, 2.45) is 0 Å². The lowest BCUT2D eigenvalue weighted by molar-refractivity contribution is -0.134. The molecule has 10 nitrogen and oxygen atoms in total.